The molecule has 2 N–H and O–H groups in total. The van der Waals surface area contributed by atoms with Gasteiger partial charge in [-0.05, 0) is 25.2 Å². The Morgan fingerprint density at radius 2 is 2.12 bits per heavy atom. The molecular formula is C11H16ClFN2O2. The van der Waals surface area contributed by atoms with Crippen LogP contribution in [0.1, 0.15) is 10.4 Å². The van der Waals surface area contributed by atoms with Gasteiger partial charge in [0.15, 0.2) is 11.6 Å². The zero-order valence-corrected chi connectivity index (χ0v) is 10.6. The minimum Gasteiger partial charge on any atom is -0.494 e. The second-order valence-corrected chi connectivity index (χ2v) is 3.21. The molecule has 17 heavy (non-hydrogen) atoms. The molecule has 0 aliphatic carbocycles. The van der Waals surface area contributed by atoms with E-state index in [-0.39, 0.29) is 24.1 Å². The lowest BCUT2D eigenvalue weighted by atomic mass is 10.2. The molecule has 0 bridgehead atoms. The number of hydrogen-bond donors (Lipinski definition) is 2. The van der Waals surface area contributed by atoms with Crippen LogP contribution in [-0.4, -0.2) is 33.2 Å². The summed E-state index contributed by atoms with van der Waals surface area (Å²) in [6.07, 6.45) is 0. The number of amides is 1. The monoisotopic (exact) mass is 262 g/mol. The normalized spacial score (nSPS) is 9.35. The number of rotatable bonds is 5. The van der Waals surface area contributed by atoms with Crippen molar-refractivity contribution in [3.8, 4) is 5.75 Å². The summed E-state index contributed by atoms with van der Waals surface area (Å²) in [7, 11) is 3.16. The average Bonchev–Trinajstić information content (AvgIpc) is 2.30. The Kier molecular flexibility index (Phi) is 7.25. The third-order valence-corrected chi connectivity index (χ3v) is 2.07. The zero-order valence-electron chi connectivity index (χ0n) is 9.75. The zero-order chi connectivity index (χ0) is 12.0. The van der Waals surface area contributed by atoms with Crippen molar-refractivity contribution in [2.75, 3.05) is 27.2 Å². The first-order valence-corrected chi connectivity index (χ1v) is 4.95. The second kappa shape index (κ2) is 7.86. The molecule has 4 nitrogen and oxygen atoms in total. The van der Waals surface area contributed by atoms with Gasteiger partial charge in [0.25, 0.3) is 5.91 Å². The quantitative estimate of drug-likeness (QED) is 0.784. The summed E-state index contributed by atoms with van der Waals surface area (Å²) in [6, 6.07) is 4.02. The van der Waals surface area contributed by atoms with Gasteiger partial charge in [0.1, 0.15) is 0 Å². The minimum absolute atomic E-state index is 0. The smallest absolute Gasteiger partial charge is 0.251 e. The summed E-state index contributed by atoms with van der Waals surface area (Å²) >= 11 is 0. The van der Waals surface area contributed by atoms with Gasteiger partial charge in [0.2, 0.25) is 0 Å². The van der Waals surface area contributed by atoms with Crippen molar-refractivity contribution in [3.05, 3.63) is 29.6 Å². The Bertz CT molecular complexity index is 374. The largest absolute Gasteiger partial charge is 0.494 e. The van der Waals surface area contributed by atoms with Crippen molar-refractivity contribution in [1.29, 1.82) is 0 Å². The molecule has 1 rings (SSSR count). The van der Waals surface area contributed by atoms with Gasteiger partial charge in [0, 0.05) is 18.7 Å². The van der Waals surface area contributed by atoms with Gasteiger partial charge in [-0.15, -0.1) is 12.4 Å². The average molecular weight is 263 g/mol. The Hall–Kier alpha value is -1.33. The predicted octanol–water partition coefficient (Wildman–Crippen LogP) is 1.21. The Balaban J connectivity index is 0.00000256. The molecule has 0 aliphatic rings. The maximum absolute atomic E-state index is 13.1. The number of carbonyl (C=O) groups excluding carboxylic acids is 1. The summed E-state index contributed by atoms with van der Waals surface area (Å²) in [4.78, 5) is 11.6. The van der Waals surface area contributed by atoms with E-state index in [1.54, 1.807) is 7.05 Å². The third kappa shape index (κ3) is 4.58. The Morgan fingerprint density at radius 1 is 1.41 bits per heavy atom. The lowest BCUT2D eigenvalue weighted by Crippen LogP contribution is -2.30. The number of nitrogens with one attached hydrogen (secondary N) is 2. The van der Waals surface area contributed by atoms with Crippen molar-refractivity contribution in [1.82, 2.24) is 10.6 Å². The summed E-state index contributed by atoms with van der Waals surface area (Å²) < 4.78 is 17.9. The first kappa shape index (κ1) is 15.7. The highest BCUT2D eigenvalue weighted by Gasteiger charge is 2.09. The topological polar surface area (TPSA) is 50.4 Å². The van der Waals surface area contributed by atoms with Gasteiger partial charge in [-0.3, -0.25) is 4.79 Å². The van der Waals surface area contributed by atoms with Gasteiger partial charge in [0.05, 0.1) is 7.11 Å². The first-order valence-electron chi connectivity index (χ1n) is 4.95. The van der Waals surface area contributed by atoms with E-state index in [4.69, 9.17) is 4.74 Å². The Morgan fingerprint density at radius 3 is 2.71 bits per heavy atom. The molecule has 0 unspecified atom stereocenters. The lowest BCUT2D eigenvalue weighted by Gasteiger charge is -2.07. The van der Waals surface area contributed by atoms with E-state index in [0.29, 0.717) is 18.7 Å². The van der Waals surface area contributed by atoms with Crippen LogP contribution in [0.4, 0.5) is 4.39 Å². The number of benzene rings is 1. The number of methoxy groups -OCH3 is 1. The molecule has 0 heterocycles. The number of hydrogen-bond acceptors (Lipinski definition) is 3. The van der Waals surface area contributed by atoms with Crippen LogP contribution in [0.15, 0.2) is 18.2 Å². The second-order valence-electron chi connectivity index (χ2n) is 3.21. The number of halogens is 2. The number of likely N-dealkylation sites (N-methyl/N-ethyl adjacent to an activating group) is 1. The van der Waals surface area contributed by atoms with Crippen molar-refractivity contribution in [2.45, 2.75) is 0 Å². The molecule has 0 saturated carbocycles. The molecule has 0 aromatic heterocycles. The van der Waals surface area contributed by atoms with E-state index in [1.807, 2.05) is 0 Å². The van der Waals surface area contributed by atoms with Crippen molar-refractivity contribution >= 4 is 18.3 Å². The summed E-state index contributed by atoms with van der Waals surface area (Å²) in [5.74, 6) is -0.649. The molecule has 0 aliphatic heterocycles. The highest BCUT2D eigenvalue weighted by molar-refractivity contribution is 5.94. The SMILES string of the molecule is CNCCNC(=O)c1ccc(F)c(OC)c1.Cl. The summed E-state index contributed by atoms with van der Waals surface area (Å²) in [6.45, 7) is 1.21. The van der Waals surface area contributed by atoms with Crippen LogP contribution >= 0.6 is 12.4 Å². The standard InChI is InChI=1S/C11H15FN2O2.ClH/c1-13-5-6-14-11(15)8-3-4-9(12)10(7-8)16-2;/h3-4,7,13H,5-6H2,1-2H3,(H,14,15);1H. The van der Waals surface area contributed by atoms with E-state index >= 15 is 0 Å². The fraction of sp³-hybridized carbons (Fsp3) is 0.364. The van der Waals surface area contributed by atoms with Gasteiger partial charge < -0.3 is 15.4 Å². The van der Waals surface area contributed by atoms with Crippen LogP contribution < -0.4 is 15.4 Å². The van der Waals surface area contributed by atoms with Crippen molar-refractivity contribution < 1.29 is 13.9 Å². The van der Waals surface area contributed by atoms with Gasteiger partial charge in [-0.25, -0.2) is 4.39 Å². The van der Waals surface area contributed by atoms with Crippen LogP contribution in [0.25, 0.3) is 0 Å². The summed E-state index contributed by atoms with van der Waals surface area (Å²) in [5, 5.41) is 5.60. The molecule has 0 radical (unpaired) electrons. The van der Waals surface area contributed by atoms with Crippen LogP contribution in [0.2, 0.25) is 0 Å². The van der Waals surface area contributed by atoms with E-state index in [0.717, 1.165) is 0 Å². The molecule has 1 aromatic rings. The molecule has 96 valence electrons. The predicted molar refractivity (Wildman–Crippen MR) is 66.5 cm³/mol. The van der Waals surface area contributed by atoms with Crippen LogP contribution in [0, 0.1) is 5.82 Å². The van der Waals surface area contributed by atoms with Gasteiger partial charge in [-0.2, -0.15) is 0 Å². The van der Waals surface area contributed by atoms with Crippen LogP contribution in [0.5, 0.6) is 5.75 Å². The van der Waals surface area contributed by atoms with Gasteiger partial charge in [-0.1, -0.05) is 0 Å². The molecule has 0 atom stereocenters. The third-order valence-electron chi connectivity index (χ3n) is 2.07. The maximum Gasteiger partial charge on any atom is 0.251 e. The molecular weight excluding hydrogens is 247 g/mol. The fourth-order valence-corrected chi connectivity index (χ4v) is 1.20. The number of ether oxygens (including phenoxy) is 1. The van der Waals surface area contributed by atoms with Crippen molar-refractivity contribution in [3.63, 3.8) is 0 Å². The summed E-state index contributed by atoms with van der Waals surface area (Å²) in [5.41, 5.74) is 0.384. The van der Waals surface area contributed by atoms with Crippen molar-refractivity contribution in [2.24, 2.45) is 0 Å². The molecule has 1 amide bonds. The van der Waals surface area contributed by atoms with E-state index in [1.165, 1.54) is 25.3 Å². The Labute approximate surface area is 106 Å². The van der Waals surface area contributed by atoms with Crippen LogP contribution in [0.3, 0.4) is 0 Å². The molecule has 6 heteroatoms. The maximum atomic E-state index is 13.1. The fourth-order valence-electron chi connectivity index (χ4n) is 1.20. The van der Waals surface area contributed by atoms with E-state index in [2.05, 4.69) is 10.6 Å². The highest BCUT2D eigenvalue weighted by atomic mass is 35.5. The van der Waals surface area contributed by atoms with E-state index in [9.17, 15) is 9.18 Å². The lowest BCUT2D eigenvalue weighted by molar-refractivity contribution is 0.0953. The number of carbonyl (C=O) groups is 1. The molecule has 0 saturated heterocycles. The molecule has 1 aromatic carbocycles. The highest BCUT2D eigenvalue weighted by Crippen LogP contribution is 2.17. The van der Waals surface area contributed by atoms with Gasteiger partial charge >= 0.3 is 0 Å². The minimum atomic E-state index is -0.478. The first-order chi connectivity index (χ1) is 7.69. The van der Waals surface area contributed by atoms with E-state index < -0.39 is 5.82 Å². The molecule has 0 fully saturated rings. The van der Waals surface area contributed by atoms with Crippen LogP contribution in [-0.2, 0) is 0 Å². The molecule has 0 spiro atoms.